The van der Waals surface area contributed by atoms with Crippen LogP contribution in [0.3, 0.4) is 0 Å². The number of rotatable bonds is 14. The minimum atomic E-state index is -1.77. The van der Waals surface area contributed by atoms with E-state index in [0.29, 0.717) is 6.42 Å². The van der Waals surface area contributed by atoms with Crippen molar-refractivity contribution < 1.29 is 98.8 Å². The van der Waals surface area contributed by atoms with Gasteiger partial charge in [0.1, 0.15) is 79.4 Å². The largest absolute Gasteiger partial charge is 0.394 e. The van der Waals surface area contributed by atoms with Crippen molar-refractivity contribution in [2.24, 2.45) is 11.8 Å². The molecule has 13 unspecified atom stereocenters. The lowest BCUT2D eigenvalue weighted by Gasteiger charge is -2.50. The molecule has 0 amide bonds. The van der Waals surface area contributed by atoms with Crippen molar-refractivity contribution in [3.63, 3.8) is 0 Å². The molecule has 20 heteroatoms. The molecule has 5 fully saturated rings. The van der Waals surface area contributed by atoms with Crippen molar-refractivity contribution in [3.8, 4) is 0 Å². The lowest BCUT2D eigenvalue weighted by molar-refractivity contribution is -0.386. The Balaban J connectivity index is 1.29. The molecule has 334 valence electrons. The second-order valence-corrected chi connectivity index (χ2v) is 15.9. The summed E-state index contributed by atoms with van der Waals surface area (Å²) in [5.41, 5.74) is 0. The van der Waals surface area contributed by atoms with Crippen LogP contribution in [0.1, 0.15) is 67.2 Å². The summed E-state index contributed by atoms with van der Waals surface area (Å²) < 4.78 is 53.6. The summed E-state index contributed by atoms with van der Waals surface area (Å²) in [6.45, 7) is 9.10. The van der Waals surface area contributed by atoms with Gasteiger partial charge in [0, 0.05) is 11.8 Å². The maximum Gasteiger partial charge on any atom is 0.187 e. The van der Waals surface area contributed by atoms with Gasteiger partial charge in [-0.3, -0.25) is 0 Å². The van der Waals surface area contributed by atoms with Crippen LogP contribution in [-0.2, 0) is 42.6 Å². The second kappa shape index (κ2) is 20.4. The predicted molar refractivity (Wildman–Crippen MR) is 191 cm³/mol. The van der Waals surface area contributed by atoms with Crippen LogP contribution in [0.15, 0.2) is 0 Å². The molecule has 0 radical (unpaired) electrons. The standard InChI is InChI=1S/C37H66O20/c1-7-15-13(5)21(40)30(19(11-38)49-15)54-36-28(47)32(24(43)17(9-3)51-36)56-34-14(6)22(41)31(20(12-39)53-34)55-37-29(48)33(25(44)18(10-4)52-37)57-35-27(46)26(45)23(42)16(8-2)50-35/h13-48H,7-12H2,1-6H3/t13?,14-,15-,16-,17?,18-,19-,20?,21?,22+,23?,24-,25?,26?,27?,28-,29?,30?,31+,32-,33?,34?,35+,36?,37-/m0/s1. The van der Waals surface area contributed by atoms with Crippen molar-refractivity contribution in [2.75, 3.05) is 13.2 Å². The van der Waals surface area contributed by atoms with Crippen LogP contribution in [0.2, 0.25) is 0 Å². The molecule has 0 aromatic rings. The van der Waals surface area contributed by atoms with E-state index in [0.717, 1.165) is 0 Å². The van der Waals surface area contributed by atoms with Crippen LogP contribution in [0.4, 0.5) is 0 Å². The molecule has 5 aliphatic rings. The van der Waals surface area contributed by atoms with Crippen LogP contribution in [0, 0.1) is 11.8 Å². The monoisotopic (exact) mass is 830 g/mol. The molecular weight excluding hydrogens is 764 g/mol. The Morgan fingerprint density at radius 3 is 1.12 bits per heavy atom. The van der Waals surface area contributed by atoms with Crippen molar-refractivity contribution in [1.82, 2.24) is 0 Å². The van der Waals surface area contributed by atoms with E-state index in [9.17, 15) is 56.2 Å². The summed E-state index contributed by atoms with van der Waals surface area (Å²) in [5, 5.41) is 120. The first-order valence-corrected chi connectivity index (χ1v) is 20.3. The molecule has 5 aliphatic heterocycles. The fourth-order valence-electron chi connectivity index (χ4n) is 8.48. The first-order chi connectivity index (χ1) is 27.1. The minimum absolute atomic E-state index is 0.199. The third-order valence-electron chi connectivity index (χ3n) is 12.2. The molecule has 0 aromatic heterocycles. The number of hydrogen-bond donors (Lipinski definition) is 11. The number of ether oxygens (including phenoxy) is 9. The van der Waals surface area contributed by atoms with E-state index in [2.05, 4.69) is 0 Å². The molecule has 5 heterocycles. The third kappa shape index (κ3) is 9.66. The van der Waals surface area contributed by atoms with Crippen LogP contribution < -0.4 is 0 Å². The average molecular weight is 831 g/mol. The Labute approximate surface area is 332 Å². The quantitative estimate of drug-likeness (QED) is 0.0804. The lowest BCUT2D eigenvalue weighted by Crippen LogP contribution is -2.66. The van der Waals surface area contributed by atoms with E-state index >= 15 is 0 Å². The molecule has 20 nitrogen and oxygen atoms in total. The topological polar surface area (TPSA) is 306 Å². The maximum absolute atomic E-state index is 11.6. The zero-order valence-corrected chi connectivity index (χ0v) is 33.3. The Bertz CT molecular complexity index is 1220. The van der Waals surface area contributed by atoms with Crippen LogP contribution >= 0.6 is 0 Å². The molecule has 11 N–H and O–H groups in total. The Hall–Kier alpha value is -0.800. The molecule has 5 rings (SSSR count). The van der Waals surface area contributed by atoms with Crippen molar-refractivity contribution in [2.45, 2.75) is 208 Å². The highest BCUT2D eigenvalue weighted by atomic mass is 16.8. The van der Waals surface area contributed by atoms with Gasteiger partial charge >= 0.3 is 0 Å². The smallest absolute Gasteiger partial charge is 0.187 e. The summed E-state index contributed by atoms with van der Waals surface area (Å²) in [5.74, 6) is -1.34. The number of aliphatic hydroxyl groups is 11. The maximum atomic E-state index is 11.6. The van der Waals surface area contributed by atoms with Gasteiger partial charge in [-0.1, -0.05) is 41.5 Å². The number of aliphatic hydroxyl groups excluding tert-OH is 11. The van der Waals surface area contributed by atoms with Gasteiger partial charge in [-0.15, -0.1) is 0 Å². The van der Waals surface area contributed by atoms with Crippen molar-refractivity contribution in [3.05, 3.63) is 0 Å². The van der Waals surface area contributed by atoms with Gasteiger partial charge in [0.05, 0.1) is 49.8 Å². The van der Waals surface area contributed by atoms with Crippen molar-refractivity contribution >= 4 is 0 Å². The minimum Gasteiger partial charge on any atom is -0.394 e. The highest BCUT2D eigenvalue weighted by Crippen LogP contribution is 2.38. The fourth-order valence-corrected chi connectivity index (χ4v) is 8.48. The van der Waals surface area contributed by atoms with E-state index < -0.39 is 154 Å². The molecule has 0 aromatic carbocycles. The molecule has 5 saturated heterocycles. The molecule has 0 saturated carbocycles. The molecule has 0 spiro atoms. The van der Waals surface area contributed by atoms with E-state index in [1.807, 2.05) is 6.92 Å². The molecule has 25 atom stereocenters. The van der Waals surface area contributed by atoms with Gasteiger partial charge < -0.3 is 98.8 Å². The summed E-state index contributed by atoms with van der Waals surface area (Å²) in [4.78, 5) is 0. The first kappa shape index (κ1) is 47.3. The zero-order valence-electron chi connectivity index (χ0n) is 33.3. The summed E-state index contributed by atoms with van der Waals surface area (Å²) >= 11 is 0. The molecular formula is C37H66O20. The van der Waals surface area contributed by atoms with E-state index in [1.165, 1.54) is 6.92 Å². The van der Waals surface area contributed by atoms with Crippen LogP contribution in [0.5, 0.6) is 0 Å². The molecule has 57 heavy (non-hydrogen) atoms. The van der Waals surface area contributed by atoms with Crippen LogP contribution in [0.25, 0.3) is 0 Å². The fraction of sp³-hybridized carbons (Fsp3) is 1.00. The van der Waals surface area contributed by atoms with Gasteiger partial charge in [-0.25, -0.2) is 0 Å². The molecule has 0 bridgehead atoms. The lowest BCUT2D eigenvalue weighted by atomic mass is 9.86. The van der Waals surface area contributed by atoms with Gasteiger partial charge in [0.15, 0.2) is 25.2 Å². The van der Waals surface area contributed by atoms with E-state index in [4.69, 9.17) is 42.6 Å². The Morgan fingerprint density at radius 2 is 0.684 bits per heavy atom. The van der Waals surface area contributed by atoms with Gasteiger partial charge in [-0.05, 0) is 25.7 Å². The highest BCUT2D eigenvalue weighted by molar-refractivity contribution is 4.98. The SMILES string of the molecule is CCC1OC(OC2C(O)C(C)[C@H](CC)O[C@H]2CO)[C@@H](O)[C@@H](OC2OC(CO)[C@@H](O[C@@H]3O[C@@H](CC)C(O)C(O[C@H]4O[C@@H](CC)C(O)C(O)C4O)C3O)[C@H](O)[C@@H]2C)[C@H]1O. The first-order valence-electron chi connectivity index (χ1n) is 20.3. The Morgan fingerprint density at radius 1 is 0.333 bits per heavy atom. The van der Waals surface area contributed by atoms with Crippen molar-refractivity contribution in [1.29, 1.82) is 0 Å². The predicted octanol–water partition coefficient (Wildman–Crippen LogP) is -3.66. The van der Waals surface area contributed by atoms with Gasteiger partial charge in [0.2, 0.25) is 0 Å². The van der Waals surface area contributed by atoms with E-state index in [1.54, 1.807) is 27.7 Å². The zero-order chi connectivity index (χ0) is 42.0. The average Bonchev–Trinajstić information content (AvgIpc) is 3.20. The highest BCUT2D eigenvalue weighted by Gasteiger charge is 2.55. The second-order valence-electron chi connectivity index (χ2n) is 15.9. The van der Waals surface area contributed by atoms with Gasteiger partial charge in [-0.2, -0.15) is 0 Å². The summed E-state index contributed by atoms with van der Waals surface area (Å²) in [7, 11) is 0. The summed E-state index contributed by atoms with van der Waals surface area (Å²) in [6.07, 6.45) is -29.3. The van der Waals surface area contributed by atoms with Crippen LogP contribution in [-0.4, -0.2) is 211 Å². The Kier molecular flexibility index (Phi) is 16.9. The third-order valence-corrected chi connectivity index (χ3v) is 12.2. The normalized spacial score (nSPS) is 52.5. The van der Waals surface area contributed by atoms with E-state index in [-0.39, 0.29) is 31.3 Å². The van der Waals surface area contributed by atoms with Gasteiger partial charge in [0.25, 0.3) is 0 Å². The number of hydrogen-bond acceptors (Lipinski definition) is 20. The molecule has 0 aliphatic carbocycles. The summed E-state index contributed by atoms with van der Waals surface area (Å²) in [6, 6.07) is 0.